The van der Waals surface area contributed by atoms with Crippen LogP contribution in [0.3, 0.4) is 0 Å². The van der Waals surface area contributed by atoms with E-state index < -0.39 is 0 Å². The molecule has 0 atom stereocenters. The maximum absolute atomic E-state index is 2.75. The van der Waals surface area contributed by atoms with Gasteiger partial charge < -0.3 is 0 Å². The van der Waals surface area contributed by atoms with Crippen LogP contribution in [0.2, 0.25) is 0 Å². The van der Waals surface area contributed by atoms with Crippen LogP contribution < -0.4 is 0 Å². The van der Waals surface area contributed by atoms with Crippen LogP contribution in [0, 0.1) is 0 Å². The molecular weight excluding hydrogens is 254 g/mol. The van der Waals surface area contributed by atoms with E-state index in [4.69, 9.17) is 0 Å². The molecule has 0 amide bonds. The fourth-order valence-electron chi connectivity index (χ4n) is 3.80. The van der Waals surface area contributed by atoms with Crippen molar-refractivity contribution in [3.63, 3.8) is 0 Å². The molecule has 0 unspecified atom stereocenters. The van der Waals surface area contributed by atoms with Crippen LogP contribution >= 0.6 is 0 Å². The summed E-state index contributed by atoms with van der Waals surface area (Å²) < 4.78 is 0. The number of benzene rings is 1. The lowest BCUT2D eigenvalue weighted by Gasteiger charge is -2.49. The minimum absolute atomic E-state index is 0.266. The summed E-state index contributed by atoms with van der Waals surface area (Å²) in [6, 6.07) is 10.9. The highest BCUT2D eigenvalue weighted by atomic mass is 15.2. The lowest BCUT2D eigenvalue weighted by molar-refractivity contribution is 0.00607. The molecule has 0 saturated carbocycles. The van der Waals surface area contributed by atoms with Crippen molar-refractivity contribution in [2.45, 2.75) is 84.7 Å². The molecule has 0 fully saturated rings. The van der Waals surface area contributed by atoms with E-state index in [2.05, 4.69) is 76.8 Å². The van der Waals surface area contributed by atoms with Gasteiger partial charge in [-0.05, 0) is 52.5 Å². The van der Waals surface area contributed by atoms with Gasteiger partial charge in [0.15, 0.2) is 0 Å². The Labute approximate surface area is 132 Å². The van der Waals surface area contributed by atoms with Gasteiger partial charge in [-0.1, -0.05) is 57.0 Å². The molecule has 0 radical (unpaired) electrons. The van der Waals surface area contributed by atoms with Crippen molar-refractivity contribution in [1.29, 1.82) is 0 Å². The average Bonchev–Trinajstić information content (AvgIpc) is 2.39. The molecule has 0 aliphatic heterocycles. The van der Waals surface area contributed by atoms with Gasteiger partial charge in [0.05, 0.1) is 0 Å². The Hall–Kier alpha value is -0.820. The van der Waals surface area contributed by atoms with E-state index in [9.17, 15) is 0 Å². The molecular formula is C20H35N. The second-order valence-corrected chi connectivity index (χ2v) is 7.51. The summed E-state index contributed by atoms with van der Waals surface area (Å²) >= 11 is 0. The molecule has 0 heterocycles. The summed E-state index contributed by atoms with van der Waals surface area (Å²) in [6.45, 7) is 15.4. The summed E-state index contributed by atoms with van der Waals surface area (Å²) in [5, 5.41) is 0. The lowest BCUT2D eigenvalue weighted by Crippen LogP contribution is -2.56. The molecule has 1 aromatic rings. The van der Waals surface area contributed by atoms with E-state index >= 15 is 0 Å². The summed E-state index contributed by atoms with van der Waals surface area (Å²) in [5.41, 5.74) is 1.98. The molecule has 0 bridgehead atoms. The highest BCUT2D eigenvalue weighted by molar-refractivity contribution is 5.15. The standard InChI is InChI=1S/C20H35N/c1-7-15-19(3,4)21(20(5,6)16-8-2)17-14-18-12-10-9-11-13-18/h9-13H,7-8,14-17H2,1-6H3. The predicted molar refractivity (Wildman–Crippen MR) is 94.8 cm³/mol. The van der Waals surface area contributed by atoms with Crippen LogP contribution in [0.25, 0.3) is 0 Å². The van der Waals surface area contributed by atoms with Gasteiger partial charge in [-0.25, -0.2) is 0 Å². The van der Waals surface area contributed by atoms with Gasteiger partial charge in [-0.2, -0.15) is 0 Å². The third-order valence-electron chi connectivity index (χ3n) is 4.65. The number of rotatable bonds is 9. The predicted octanol–water partition coefficient (Wildman–Crippen LogP) is 5.69. The summed E-state index contributed by atoms with van der Waals surface area (Å²) in [5.74, 6) is 0. The molecule has 0 N–H and O–H groups in total. The van der Waals surface area contributed by atoms with Crippen LogP contribution in [0.5, 0.6) is 0 Å². The minimum Gasteiger partial charge on any atom is -0.293 e. The maximum Gasteiger partial charge on any atom is 0.0158 e. The fraction of sp³-hybridized carbons (Fsp3) is 0.700. The van der Waals surface area contributed by atoms with Gasteiger partial charge in [0.1, 0.15) is 0 Å². The lowest BCUT2D eigenvalue weighted by atomic mass is 9.86. The zero-order valence-electron chi connectivity index (χ0n) is 15.1. The molecule has 1 heteroatoms. The van der Waals surface area contributed by atoms with E-state index in [0.29, 0.717) is 0 Å². The molecule has 0 aliphatic carbocycles. The molecule has 1 nitrogen and oxygen atoms in total. The van der Waals surface area contributed by atoms with E-state index in [-0.39, 0.29) is 11.1 Å². The Balaban J connectivity index is 2.86. The Kier molecular flexibility index (Phi) is 6.93. The largest absolute Gasteiger partial charge is 0.293 e. The Morgan fingerprint density at radius 2 is 1.29 bits per heavy atom. The van der Waals surface area contributed by atoms with Gasteiger partial charge in [0, 0.05) is 17.6 Å². The normalized spacial score (nSPS) is 12.9. The molecule has 120 valence electrons. The third kappa shape index (κ3) is 5.47. The molecule has 1 aromatic carbocycles. The third-order valence-corrected chi connectivity index (χ3v) is 4.65. The van der Waals surface area contributed by atoms with E-state index in [0.717, 1.165) is 13.0 Å². The van der Waals surface area contributed by atoms with Crippen molar-refractivity contribution in [3.8, 4) is 0 Å². The first-order valence-electron chi connectivity index (χ1n) is 8.65. The molecule has 21 heavy (non-hydrogen) atoms. The van der Waals surface area contributed by atoms with Crippen LogP contribution in [0.4, 0.5) is 0 Å². The molecule has 0 aliphatic rings. The highest BCUT2D eigenvalue weighted by Crippen LogP contribution is 2.32. The van der Waals surface area contributed by atoms with Crippen molar-refractivity contribution in [3.05, 3.63) is 35.9 Å². The first-order valence-corrected chi connectivity index (χ1v) is 8.65. The topological polar surface area (TPSA) is 3.24 Å². The highest BCUT2D eigenvalue weighted by Gasteiger charge is 2.36. The van der Waals surface area contributed by atoms with E-state index in [1.165, 1.54) is 31.2 Å². The molecule has 0 spiro atoms. The van der Waals surface area contributed by atoms with Crippen molar-refractivity contribution in [2.75, 3.05) is 6.54 Å². The maximum atomic E-state index is 2.75. The molecule has 1 rings (SSSR count). The van der Waals surface area contributed by atoms with Crippen LogP contribution in [-0.2, 0) is 6.42 Å². The first kappa shape index (κ1) is 18.2. The summed E-state index contributed by atoms with van der Waals surface area (Å²) in [4.78, 5) is 2.75. The fourth-order valence-corrected chi connectivity index (χ4v) is 3.80. The van der Waals surface area contributed by atoms with Gasteiger partial charge >= 0.3 is 0 Å². The number of nitrogens with zero attached hydrogens (tertiary/aromatic N) is 1. The monoisotopic (exact) mass is 289 g/mol. The molecule has 0 saturated heterocycles. The van der Waals surface area contributed by atoms with Gasteiger partial charge in [-0.3, -0.25) is 4.90 Å². The second-order valence-electron chi connectivity index (χ2n) is 7.51. The quantitative estimate of drug-likeness (QED) is 0.564. The zero-order valence-corrected chi connectivity index (χ0v) is 15.1. The first-order chi connectivity index (χ1) is 9.83. The average molecular weight is 290 g/mol. The van der Waals surface area contributed by atoms with Crippen molar-refractivity contribution >= 4 is 0 Å². The van der Waals surface area contributed by atoms with Crippen molar-refractivity contribution < 1.29 is 0 Å². The molecule has 0 aromatic heterocycles. The van der Waals surface area contributed by atoms with Crippen molar-refractivity contribution in [1.82, 2.24) is 4.90 Å². The number of hydrogen-bond acceptors (Lipinski definition) is 1. The Morgan fingerprint density at radius 3 is 1.71 bits per heavy atom. The van der Waals surface area contributed by atoms with Crippen LogP contribution in [-0.4, -0.2) is 22.5 Å². The Bertz CT molecular complexity index is 374. The van der Waals surface area contributed by atoms with Crippen LogP contribution in [0.1, 0.15) is 72.8 Å². The number of hydrogen-bond donors (Lipinski definition) is 0. The van der Waals surface area contributed by atoms with Crippen molar-refractivity contribution in [2.24, 2.45) is 0 Å². The second kappa shape index (κ2) is 7.98. The Morgan fingerprint density at radius 1 is 0.810 bits per heavy atom. The summed E-state index contributed by atoms with van der Waals surface area (Å²) in [6.07, 6.45) is 6.15. The smallest absolute Gasteiger partial charge is 0.0158 e. The van der Waals surface area contributed by atoms with Gasteiger partial charge in [-0.15, -0.1) is 0 Å². The van der Waals surface area contributed by atoms with Gasteiger partial charge in [0.25, 0.3) is 0 Å². The van der Waals surface area contributed by atoms with E-state index in [1.54, 1.807) is 0 Å². The van der Waals surface area contributed by atoms with Gasteiger partial charge in [0.2, 0.25) is 0 Å². The van der Waals surface area contributed by atoms with E-state index in [1.807, 2.05) is 0 Å². The summed E-state index contributed by atoms with van der Waals surface area (Å²) in [7, 11) is 0. The van der Waals surface area contributed by atoms with Crippen LogP contribution in [0.15, 0.2) is 30.3 Å². The minimum atomic E-state index is 0.266. The SMILES string of the molecule is CCCC(C)(C)N(CCc1ccccc1)C(C)(C)CCC. The zero-order chi connectivity index (χ0) is 15.9.